The van der Waals surface area contributed by atoms with Gasteiger partial charge >= 0.3 is 0 Å². The molecule has 0 aromatic carbocycles. The Morgan fingerprint density at radius 1 is 1.33 bits per heavy atom. The van der Waals surface area contributed by atoms with Crippen molar-refractivity contribution in [1.29, 1.82) is 0 Å². The summed E-state index contributed by atoms with van der Waals surface area (Å²) in [6.07, 6.45) is 1.07. The molecule has 0 aromatic rings. The minimum absolute atomic E-state index is 0.0821. The quantitative estimate of drug-likeness (QED) is 0.778. The molecule has 3 heteroatoms. The SMILES string of the molecule is CC(C)C1CC2(C)C(C)CCC(=O)C2C(O)C1=O. The molecule has 2 aliphatic rings. The first-order valence-corrected chi connectivity index (χ1v) is 7.03. The summed E-state index contributed by atoms with van der Waals surface area (Å²) in [6, 6.07) is 0. The second-order valence-electron chi connectivity index (χ2n) is 6.79. The number of Topliss-reactive ketones (excluding diaryl/α,β-unsaturated/α-hetero) is 2. The van der Waals surface area contributed by atoms with Gasteiger partial charge in [-0.2, -0.15) is 0 Å². The molecule has 0 spiro atoms. The Balaban J connectivity index is 2.39. The smallest absolute Gasteiger partial charge is 0.165 e. The maximum Gasteiger partial charge on any atom is 0.165 e. The van der Waals surface area contributed by atoms with Crippen LogP contribution >= 0.6 is 0 Å². The Morgan fingerprint density at radius 2 is 1.94 bits per heavy atom. The first kappa shape index (κ1) is 13.7. The molecule has 0 amide bonds. The van der Waals surface area contributed by atoms with Crippen LogP contribution in [-0.2, 0) is 9.59 Å². The van der Waals surface area contributed by atoms with E-state index in [1.54, 1.807) is 0 Å². The standard InChI is InChI=1S/C15H24O3/c1-8(2)10-7-15(4)9(3)5-6-11(16)12(15)14(18)13(10)17/h8-10,12,14,18H,5-7H2,1-4H3. The number of carbonyl (C=O) groups is 2. The van der Waals surface area contributed by atoms with Gasteiger partial charge in [0.25, 0.3) is 0 Å². The number of aliphatic hydroxyl groups excluding tert-OH is 1. The van der Waals surface area contributed by atoms with Crippen LogP contribution in [0.15, 0.2) is 0 Å². The number of hydrogen-bond acceptors (Lipinski definition) is 3. The highest BCUT2D eigenvalue weighted by Crippen LogP contribution is 2.53. The zero-order valence-electron chi connectivity index (χ0n) is 11.8. The minimum Gasteiger partial charge on any atom is -0.385 e. The number of carbonyl (C=O) groups excluding carboxylic acids is 2. The fourth-order valence-corrected chi connectivity index (χ4v) is 3.91. The lowest BCUT2D eigenvalue weighted by atomic mass is 9.51. The van der Waals surface area contributed by atoms with Gasteiger partial charge in [0.15, 0.2) is 5.78 Å². The molecule has 5 unspecified atom stereocenters. The summed E-state index contributed by atoms with van der Waals surface area (Å²) in [5.41, 5.74) is -0.211. The third-order valence-electron chi connectivity index (χ3n) is 5.44. The summed E-state index contributed by atoms with van der Waals surface area (Å²) >= 11 is 0. The van der Waals surface area contributed by atoms with E-state index in [4.69, 9.17) is 0 Å². The Morgan fingerprint density at radius 3 is 2.50 bits per heavy atom. The normalized spacial score (nSPS) is 45.2. The van der Waals surface area contributed by atoms with Crippen molar-refractivity contribution in [2.24, 2.45) is 29.1 Å². The van der Waals surface area contributed by atoms with Gasteiger partial charge in [-0.3, -0.25) is 9.59 Å². The van der Waals surface area contributed by atoms with Gasteiger partial charge in [0.05, 0.1) is 5.92 Å². The zero-order valence-corrected chi connectivity index (χ0v) is 11.8. The largest absolute Gasteiger partial charge is 0.385 e. The Bertz CT molecular complexity index is 374. The van der Waals surface area contributed by atoms with Gasteiger partial charge in [0.1, 0.15) is 11.9 Å². The Labute approximate surface area is 109 Å². The Hall–Kier alpha value is -0.700. The van der Waals surface area contributed by atoms with E-state index < -0.39 is 12.0 Å². The van der Waals surface area contributed by atoms with Crippen molar-refractivity contribution in [2.75, 3.05) is 0 Å². The highest BCUT2D eigenvalue weighted by Gasteiger charge is 2.56. The summed E-state index contributed by atoms with van der Waals surface area (Å²) in [5, 5.41) is 10.3. The van der Waals surface area contributed by atoms with Crippen LogP contribution in [0.25, 0.3) is 0 Å². The van der Waals surface area contributed by atoms with Crippen molar-refractivity contribution >= 4 is 11.6 Å². The van der Waals surface area contributed by atoms with Crippen molar-refractivity contribution in [3.8, 4) is 0 Å². The number of ketones is 2. The highest BCUT2D eigenvalue weighted by atomic mass is 16.3. The van der Waals surface area contributed by atoms with E-state index in [-0.39, 0.29) is 28.8 Å². The molecular weight excluding hydrogens is 228 g/mol. The van der Waals surface area contributed by atoms with Gasteiger partial charge in [-0.25, -0.2) is 0 Å². The van der Waals surface area contributed by atoms with Crippen LogP contribution < -0.4 is 0 Å². The van der Waals surface area contributed by atoms with Crippen molar-refractivity contribution in [3.63, 3.8) is 0 Å². The van der Waals surface area contributed by atoms with Crippen LogP contribution in [0.3, 0.4) is 0 Å². The average molecular weight is 252 g/mol. The molecule has 5 atom stereocenters. The fraction of sp³-hybridized carbons (Fsp3) is 0.867. The fourth-order valence-electron chi connectivity index (χ4n) is 3.91. The van der Waals surface area contributed by atoms with Crippen LogP contribution in [0.2, 0.25) is 0 Å². The van der Waals surface area contributed by atoms with Crippen LogP contribution in [0, 0.1) is 29.1 Å². The molecule has 0 radical (unpaired) electrons. The first-order valence-electron chi connectivity index (χ1n) is 7.03. The molecular formula is C15H24O3. The summed E-state index contributed by atoms with van der Waals surface area (Å²) < 4.78 is 0. The molecule has 0 bridgehead atoms. The summed E-state index contributed by atoms with van der Waals surface area (Å²) in [4.78, 5) is 24.3. The second kappa shape index (κ2) is 4.44. The lowest BCUT2D eigenvalue weighted by molar-refractivity contribution is -0.165. The molecule has 1 N–H and O–H groups in total. The number of fused-ring (bicyclic) bond motifs is 1. The zero-order chi connectivity index (χ0) is 13.7. The number of hydrogen-bond donors (Lipinski definition) is 1. The Kier molecular flexibility index (Phi) is 3.39. The van der Waals surface area contributed by atoms with Crippen molar-refractivity contribution in [2.45, 2.75) is 53.1 Å². The van der Waals surface area contributed by atoms with Gasteiger partial charge in [-0.1, -0.05) is 27.7 Å². The number of aliphatic hydroxyl groups is 1. The third kappa shape index (κ3) is 1.83. The molecule has 0 saturated heterocycles. The van der Waals surface area contributed by atoms with E-state index in [2.05, 4.69) is 13.8 Å². The van der Waals surface area contributed by atoms with Gasteiger partial charge in [0.2, 0.25) is 0 Å². The second-order valence-corrected chi connectivity index (χ2v) is 6.79. The molecule has 2 aliphatic carbocycles. The maximum absolute atomic E-state index is 12.2. The maximum atomic E-state index is 12.2. The first-order chi connectivity index (χ1) is 8.29. The van der Waals surface area contributed by atoms with Crippen molar-refractivity contribution in [3.05, 3.63) is 0 Å². The third-order valence-corrected chi connectivity index (χ3v) is 5.44. The topological polar surface area (TPSA) is 54.4 Å². The van der Waals surface area contributed by atoms with E-state index in [9.17, 15) is 14.7 Å². The monoisotopic (exact) mass is 252 g/mol. The molecule has 0 aliphatic heterocycles. The lowest BCUT2D eigenvalue weighted by Gasteiger charge is -2.52. The molecule has 2 saturated carbocycles. The number of rotatable bonds is 1. The molecule has 3 nitrogen and oxygen atoms in total. The van der Waals surface area contributed by atoms with Gasteiger partial charge in [-0.05, 0) is 30.1 Å². The summed E-state index contributed by atoms with van der Waals surface area (Å²) in [7, 11) is 0. The average Bonchev–Trinajstić information content (AvgIpc) is 2.29. The van der Waals surface area contributed by atoms with Crippen LogP contribution in [0.1, 0.15) is 47.0 Å². The molecule has 2 rings (SSSR count). The van der Waals surface area contributed by atoms with Gasteiger partial charge in [0, 0.05) is 12.3 Å². The van der Waals surface area contributed by atoms with E-state index in [0.717, 1.165) is 12.8 Å². The van der Waals surface area contributed by atoms with E-state index in [1.807, 2.05) is 13.8 Å². The molecule has 0 aromatic heterocycles. The predicted octanol–water partition coefficient (Wildman–Crippen LogP) is 2.21. The lowest BCUT2D eigenvalue weighted by Crippen LogP contribution is -2.58. The van der Waals surface area contributed by atoms with Gasteiger partial charge < -0.3 is 5.11 Å². The van der Waals surface area contributed by atoms with E-state index >= 15 is 0 Å². The van der Waals surface area contributed by atoms with E-state index in [1.165, 1.54) is 0 Å². The van der Waals surface area contributed by atoms with Crippen molar-refractivity contribution < 1.29 is 14.7 Å². The van der Waals surface area contributed by atoms with Crippen LogP contribution in [0.5, 0.6) is 0 Å². The summed E-state index contributed by atoms with van der Waals surface area (Å²) in [6.45, 7) is 8.28. The minimum atomic E-state index is -1.08. The molecule has 102 valence electrons. The summed E-state index contributed by atoms with van der Waals surface area (Å²) in [5.74, 6) is 0.0188. The molecule has 2 fully saturated rings. The predicted molar refractivity (Wildman–Crippen MR) is 69.0 cm³/mol. The van der Waals surface area contributed by atoms with Gasteiger partial charge in [-0.15, -0.1) is 0 Å². The van der Waals surface area contributed by atoms with E-state index in [0.29, 0.717) is 12.3 Å². The highest BCUT2D eigenvalue weighted by molar-refractivity contribution is 5.95. The molecule has 0 heterocycles. The van der Waals surface area contributed by atoms with Crippen LogP contribution in [-0.4, -0.2) is 22.8 Å². The molecule has 18 heavy (non-hydrogen) atoms. The van der Waals surface area contributed by atoms with Crippen molar-refractivity contribution in [1.82, 2.24) is 0 Å². The van der Waals surface area contributed by atoms with Crippen LogP contribution in [0.4, 0.5) is 0 Å².